The molecule has 2 aliphatic rings. The molecular formula is C34H40N6O2. The first-order valence-electron chi connectivity index (χ1n) is 14.4. The standard InChI is InChI=1S/C34H40N6O2/c1-21-15-22(31(41)29(16-21)39-27-13-9-7-11-25(27)35-37-39)17-23-18-24(34(5,6)20-33(2,3)4)19-30(32(23)42)40-28-14-10-8-12-26(28)36-38-40/h7-16,18-19,35-38,41-42H,17,20H2,1-6H3. The maximum absolute atomic E-state index is 11.8. The van der Waals surface area contributed by atoms with Crippen molar-refractivity contribution in [2.45, 2.75) is 59.8 Å². The quantitative estimate of drug-likeness (QED) is 0.142. The van der Waals surface area contributed by atoms with Crippen molar-refractivity contribution in [1.82, 2.24) is 11.1 Å². The first kappa shape index (κ1) is 27.8. The number of fused-ring (bicyclic) bond motifs is 2. The third kappa shape index (κ3) is 5.08. The Hall–Kier alpha value is -4.40. The van der Waals surface area contributed by atoms with E-state index in [4.69, 9.17) is 0 Å². The number of para-hydroxylation sites is 4. The molecule has 2 aliphatic heterocycles. The third-order valence-electron chi connectivity index (χ3n) is 7.99. The van der Waals surface area contributed by atoms with Gasteiger partial charge in [0.2, 0.25) is 0 Å². The van der Waals surface area contributed by atoms with Gasteiger partial charge in [0, 0.05) is 17.5 Å². The van der Waals surface area contributed by atoms with Crippen molar-refractivity contribution >= 4 is 34.1 Å². The van der Waals surface area contributed by atoms with Crippen LogP contribution in [0.1, 0.15) is 63.3 Å². The molecule has 0 atom stereocenters. The van der Waals surface area contributed by atoms with E-state index < -0.39 is 0 Å². The number of hydrazine groups is 4. The largest absolute Gasteiger partial charge is 0.505 e. The Bertz CT molecular complexity index is 1660. The van der Waals surface area contributed by atoms with Crippen LogP contribution in [0.15, 0.2) is 72.8 Å². The van der Waals surface area contributed by atoms with E-state index >= 15 is 0 Å². The summed E-state index contributed by atoms with van der Waals surface area (Å²) in [6.07, 6.45) is 1.31. The van der Waals surface area contributed by atoms with Crippen LogP contribution in [0.4, 0.5) is 34.1 Å². The molecule has 0 saturated carbocycles. The summed E-state index contributed by atoms with van der Waals surface area (Å²) in [6.45, 7) is 13.3. The first-order valence-corrected chi connectivity index (χ1v) is 14.4. The molecule has 0 saturated heterocycles. The lowest BCUT2D eigenvalue weighted by atomic mass is 9.71. The minimum atomic E-state index is -0.170. The zero-order valence-corrected chi connectivity index (χ0v) is 25.1. The Balaban J connectivity index is 1.45. The number of nitrogens with zero attached hydrogens (tertiary/aromatic N) is 2. The molecule has 0 fully saturated rings. The predicted octanol–water partition coefficient (Wildman–Crippen LogP) is 7.68. The van der Waals surface area contributed by atoms with Crippen LogP contribution in [0.2, 0.25) is 0 Å². The van der Waals surface area contributed by atoms with Crippen LogP contribution < -0.4 is 31.9 Å². The Morgan fingerprint density at radius 2 is 1.14 bits per heavy atom. The van der Waals surface area contributed by atoms with Gasteiger partial charge < -0.3 is 21.1 Å². The Morgan fingerprint density at radius 3 is 1.69 bits per heavy atom. The van der Waals surface area contributed by atoms with E-state index in [0.29, 0.717) is 17.8 Å². The highest BCUT2D eigenvalue weighted by atomic mass is 16.3. The van der Waals surface area contributed by atoms with Crippen molar-refractivity contribution in [2.24, 2.45) is 5.41 Å². The van der Waals surface area contributed by atoms with Gasteiger partial charge in [-0.15, -0.1) is 11.1 Å². The maximum Gasteiger partial charge on any atom is 0.144 e. The SMILES string of the molecule is Cc1cc(Cc2cc(C(C)(C)CC(C)(C)C)cc(N3NNc4ccccc43)c2O)c(O)c(N2NNc3ccccc32)c1. The summed E-state index contributed by atoms with van der Waals surface area (Å²) < 4.78 is 0. The molecule has 0 aromatic heterocycles. The fourth-order valence-electron chi connectivity index (χ4n) is 6.43. The minimum absolute atomic E-state index is 0.110. The molecular weight excluding hydrogens is 524 g/mol. The van der Waals surface area contributed by atoms with E-state index in [-0.39, 0.29) is 22.3 Å². The van der Waals surface area contributed by atoms with Crippen molar-refractivity contribution in [2.75, 3.05) is 20.9 Å². The predicted molar refractivity (Wildman–Crippen MR) is 172 cm³/mol. The van der Waals surface area contributed by atoms with Gasteiger partial charge >= 0.3 is 0 Å². The lowest BCUT2D eigenvalue weighted by Gasteiger charge is -2.34. The first-order chi connectivity index (χ1) is 19.9. The van der Waals surface area contributed by atoms with Crippen LogP contribution in [-0.4, -0.2) is 10.2 Å². The summed E-state index contributed by atoms with van der Waals surface area (Å²) in [5.41, 5.74) is 21.3. The Kier molecular flexibility index (Phi) is 6.71. The summed E-state index contributed by atoms with van der Waals surface area (Å²) in [7, 11) is 0. The van der Waals surface area contributed by atoms with E-state index in [1.165, 1.54) is 0 Å². The summed E-state index contributed by atoms with van der Waals surface area (Å²) in [4.78, 5) is 0. The molecule has 8 heteroatoms. The van der Waals surface area contributed by atoms with Crippen molar-refractivity contribution in [3.63, 3.8) is 0 Å². The summed E-state index contributed by atoms with van der Waals surface area (Å²) >= 11 is 0. The van der Waals surface area contributed by atoms with Gasteiger partial charge in [0.15, 0.2) is 0 Å². The van der Waals surface area contributed by atoms with E-state index in [1.807, 2.05) is 77.6 Å². The van der Waals surface area contributed by atoms with Gasteiger partial charge in [-0.05, 0) is 71.7 Å². The van der Waals surface area contributed by atoms with E-state index in [9.17, 15) is 10.2 Å². The Morgan fingerprint density at radius 1 is 0.643 bits per heavy atom. The molecule has 8 nitrogen and oxygen atoms in total. The van der Waals surface area contributed by atoms with Crippen LogP contribution in [0.25, 0.3) is 0 Å². The number of aryl methyl sites for hydroxylation is 1. The zero-order chi connectivity index (χ0) is 29.8. The number of benzene rings is 4. The molecule has 4 aromatic rings. The second-order valence-corrected chi connectivity index (χ2v) is 13.3. The second-order valence-electron chi connectivity index (χ2n) is 13.3. The number of phenols is 2. The molecule has 0 amide bonds. The molecule has 218 valence electrons. The minimum Gasteiger partial charge on any atom is -0.505 e. The smallest absolute Gasteiger partial charge is 0.144 e. The van der Waals surface area contributed by atoms with Gasteiger partial charge in [-0.2, -0.15) is 0 Å². The van der Waals surface area contributed by atoms with Crippen LogP contribution >= 0.6 is 0 Å². The molecule has 2 heterocycles. The fourth-order valence-corrected chi connectivity index (χ4v) is 6.43. The van der Waals surface area contributed by atoms with E-state index in [0.717, 1.165) is 51.4 Å². The van der Waals surface area contributed by atoms with E-state index in [1.54, 1.807) is 0 Å². The normalized spacial score (nSPS) is 14.4. The van der Waals surface area contributed by atoms with Crippen molar-refractivity contribution in [3.8, 4) is 11.5 Å². The number of aromatic hydroxyl groups is 2. The van der Waals surface area contributed by atoms with Crippen molar-refractivity contribution < 1.29 is 10.2 Å². The zero-order valence-electron chi connectivity index (χ0n) is 25.1. The Labute approximate surface area is 247 Å². The number of rotatable bonds is 6. The molecule has 6 rings (SSSR count). The molecule has 0 bridgehead atoms. The molecule has 0 unspecified atom stereocenters. The van der Waals surface area contributed by atoms with Crippen molar-refractivity contribution in [1.29, 1.82) is 0 Å². The summed E-state index contributed by atoms with van der Waals surface area (Å²) in [6, 6.07) is 24.0. The number of nitrogens with one attached hydrogen (secondary N) is 4. The number of hydrogen-bond donors (Lipinski definition) is 6. The number of anilines is 6. The van der Waals surface area contributed by atoms with Gasteiger partial charge in [0.25, 0.3) is 0 Å². The molecule has 6 N–H and O–H groups in total. The van der Waals surface area contributed by atoms with Crippen LogP contribution in [0, 0.1) is 12.3 Å². The van der Waals surface area contributed by atoms with Crippen LogP contribution in [0.3, 0.4) is 0 Å². The fraction of sp³-hybridized carbons (Fsp3) is 0.294. The summed E-state index contributed by atoms with van der Waals surface area (Å²) in [5, 5.41) is 27.2. The van der Waals surface area contributed by atoms with Crippen LogP contribution in [0.5, 0.6) is 11.5 Å². The molecule has 0 radical (unpaired) electrons. The molecule has 42 heavy (non-hydrogen) atoms. The van der Waals surface area contributed by atoms with Gasteiger partial charge in [0.1, 0.15) is 22.9 Å². The molecule has 0 spiro atoms. The average Bonchev–Trinajstić information content (AvgIpc) is 3.55. The maximum atomic E-state index is 11.8. The lowest BCUT2D eigenvalue weighted by Crippen LogP contribution is -2.32. The third-order valence-corrected chi connectivity index (χ3v) is 7.99. The molecule has 0 aliphatic carbocycles. The van der Waals surface area contributed by atoms with Crippen LogP contribution in [-0.2, 0) is 11.8 Å². The average molecular weight is 565 g/mol. The molecule has 4 aromatic carbocycles. The second kappa shape index (κ2) is 10.2. The highest BCUT2D eigenvalue weighted by molar-refractivity contribution is 5.84. The van der Waals surface area contributed by atoms with Gasteiger partial charge in [0.05, 0.1) is 22.7 Å². The van der Waals surface area contributed by atoms with E-state index in [2.05, 4.69) is 68.7 Å². The highest BCUT2D eigenvalue weighted by Crippen LogP contribution is 2.47. The lowest BCUT2D eigenvalue weighted by molar-refractivity contribution is 0.284. The monoisotopic (exact) mass is 564 g/mol. The number of hydrogen-bond acceptors (Lipinski definition) is 8. The highest BCUT2D eigenvalue weighted by Gasteiger charge is 2.32. The van der Waals surface area contributed by atoms with Gasteiger partial charge in [-0.3, -0.25) is 10.0 Å². The number of phenolic OH excluding ortho intramolecular Hbond substituents is 2. The van der Waals surface area contributed by atoms with Crippen molar-refractivity contribution in [3.05, 3.63) is 95.1 Å². The topological polar surface area (TPSA) is 95.1 Å². The van der Waals surface area contributed by atoms with Gasteiger partial charge in [-0.1, -0.05) is 71.0 Å². The summed E-state index contributed by atoms with van der Waals surface area (Å²) in [5.74, 6) is 0.336. The van der Waals surface area contributed by atoms with Gasteiger partial charge in [-0.25, -0.2) is 0 Å².